The van der Waals surface area contributed by atoms with E-state index in [0.717, 1.165) is 36.5 Å². The van der Waals surface area contributed by atoms with Gasteiger partial charge in [-0.3, -0.25) is 0 Å². The van der Waals surface area contributed by atoms with Crippen LogP contribution in [0.1, 0.15) is 6.42 Å². The highest BCUT2D eigenvalue weighted by molar-refractivity contribution is 5.77. The third kappa shape index (κ3) is 2.11. The fourth-order valence-electron chi connectivity index (χ4n) is 2.35. The van der Waals surface area contributed by atoms with E-state index in [2.05, 4.69) is 21.4 Å². The second-order valence-electron chi connectivity index (χ2n) is 4.56. The molecule has 2 heterocycles. The number of benzene rings is 1. The maximum absolute atomic E-state index is 5.68. The molecule has 1 aromatic carbocycles. The first kappa shape index (κ1) is 11.3. The van der Waals surface area contributed by atoms with Crippen LogP contribution >= 0.6 is 0 Å². The van der Waals surface area contributed by atoms with Gasteiger partial charge in [-0.05, 0) is 18.6 Å². The number of aromatic nitrogens is 2. The summed E-state index contributed by atoms with van der Waals surface area (Å²) in [6, 6.07) is 8.10. The average molecular weight is 243 g/mol. The third-order valence-electron chi connectivity index (χ3n) is 3.27. The molecular weight excluding hydrogens is 226 g/mol. The molecule has 1 atom stereocenters. The van der Waals surface area contributed by atoms with E-state index in [-0.39, 0.29) is 6.10 Å². The van der Waals surface area contributed by atoms with Crippen LogP contribution in [-0.2, 0) is 4.74 Å². The van der Waals surface area contributed by atoms with Crippen molar-refractivity contribution in [3.8, 4) is 0 Å². The number of para-hydroxylation sites is 2. The van der Waals surface area contributed by atoms with Crippen molar-refractivity contribution in [2.45, 2.75) is 12.5 Å². The van der Waals surface area contributed by atoms with Crippen molar-refractivity contribution in [1.29, 1.82) is 0 Å². The van der Waals surface area contributed by atoms with Crippen LogP contribution in [0.4, 0.5) is 5.95 Å². The highest BCUT2D eigenvalue weighted by Gasteiger charge is 2.24. The van der Waals surface area contributed by atoms with Crippen LogP contribution in [-0.4, -0.2) is 35.8 Å². The fraction of sp³-hybridized carbons (Fsp3) is 0.357. The Balaban J connectivity index is 1.73. The van der Waals surface area contributed by atoms with Gasteiger partial charge in [0.2, 0.25) is 5.95 Å². The van der Waals surface area contributed by atoms with E-state index in [9.17, 15) is 0 Å². The van der Waals surface area contributed by atoms with Crippen molar-refractivity contribution in [2.24, 2.45) is 0 Å². The largest absolute Gasteiger partial charge is 0.372 e. The van der Waals surface area contributed by atoms with Gasteiger partial charge < -0.3 is 14.6 Å². The van der Waals surface area contributed by atoms with Crippen LogP contribution in [0.15, 0.2) is 36.9 Å². The Kier molecular flexibility index (Phi) is 3.02. The van der Waals surface area contributed by atoms with Gasteiger partial charge in [0, 0.05) is 13.1 Å². The number of H-pyrrole nitrogens is 1. The number of aromatic amines is 1. The molecule has 1 aliphatic heterocycles. The van der Waals surface area contributed by atoms with E-state index < -0.39 is 0 Å². The SMILES string of the molecule is C=CCOC1CCN(c2nc3ccccc3[nH]2)C1. The second kappa shape index (κ2) is 4.82. The summed E-state index contributed by atoms with van der Waals surface area (Å²) in [5.41, 5.74) is 2.10. The lowest BCUT2D eigenvalue weighted by molar-refractivity contribution is 0.0908. The summed E-state index contributed by atoms with van der Waals surface area (Å²) in [6.07, 6.45) is 3.13. The zero-order valence-electron chi connectivity index (χ0n) is 10.3. The predicted octanol–water partition coefficient (Wildman–Crippen LogP) is 2.34. The Labute approximate surface area is 106 Å². The molecule has 18 heavy (non-hydrogen) atoms. The molecule has 0 amide bonds. The number of anilines is 1. The molecule has 1 fully saturated rings. The van der Waals surface area contributed by atoms with E-state index in [1.807, 2.05) is 24.3 Å². The van der Waals surface area contributed by atoms with Crippen LogP contribution in [0.5, 0.6) is 0 Å². The van der Waals surface area contributed by atoms with Crippen molar-refractivity contribution in [2.75, 3.05) is 24.6 Å². The van der Waals surface area contributed by atoms with Gasteiger partial charge in [-0.2, -0.15) is 0 Å². The molecule has 4 nitrogen and oxygen atoms in total. The molecule has 0 aliphatic carbocycles. The van der Waals surface area contributed by atoms with E-state index in [4.69, 9.17) is 4.74 Å². The molecule has 0 spiro atoms. The highest BCUT2D eigenvalue weighted by Crippen LogP contribution is 2.22. The Hall–Kier alpha value is -1.81. The molecule has 3 rings (SSSR count). The lowest BCUT2D eigenvalue weighted by Gasteiger charge is -2.14. The number of ether oxygens (including phenoxy) is 1. The zero-order chi connectivity index (χ0) is 12.4. The number of hydrogen-bond donors (Lipinski definition) is 1. The molecule has 94 valence electrons. The van der Waals surface area contributed by atoms with E-state index in [1.165, 1.54) is 0 Å². The van der Waals surface area contributed by atoms with Crippen LogP contribution in [0.2, 0.25) is 0 Å². The molecule has 1 N–H and O–H groups in total. The first-order chi connectivity index (χ1) is 8.86. The fourth-order valence-corrected chi connectivity index (χ4v) is 2.35. The number of hydrogen-bond acceptors (Lipinski definition) is 3. The van der Waals surface area contributed by atoms with Gasteiger partial charge in [0.25, 0.3) is 0 Å². The summed E-state index contributed by atoms with van der Waals surface area (Å²) >= 11 is 0. The summed E-state index contributed by atoms with van der Waals surface area (Å²) < 4.78 is 5.68. The highest BCUT2D eigenvalue weighted by atomic mass is 16.5. The summed E-state index contributed by atoms with van der Waals surface area (Å²) in [5.74, 6) is 0.945. The van der Waals surface area contributed by atoms with E-state index in [1.54, 1.807) is 6.08 Å². The van der Waals surface area contributed by atoms with Gasteiger partial charge in [0.1, 0.15) is 0 Å². The topological polar surface area (TPSA) is 41.1 Å². The van der Waals surface area contributed by atoms with Gasteiger partial charge in [-0.15, -0.1) is 6.58 Å². The summed E-state index contributed by atoms with van der Waals surface area (Å²) in [5, 5.41) is 0. The average Bonchev–Trinajstić information content (AvgIpc) is 3.02. The smallest absolute Gasteiger partial charge is 0.203 e. The maximum atomic E-state index is 5.68. The monoisotopic (exact) mass is 243 g/mol. The zero-order valence-corrected chi connectivity index (χ0v) is 10.3. The predicted molar refractivity (Wildman–Crippen MR) is 72.9 cm³/mol. The molecule has 1 unspecified atom stereocenters. The van der Waals surface area contributed by atoms with Crippen molar-refractivity contribution in [3.63, 3.8) is 0 Å². The van der Waals surface area contributed by atoms with Crippen molar-refractivity contribution in [3.05, 3.63) is 36.9 Å². The third-order valence-corrected chi connectivity index (χ3v) is 3.27. The Morgan fingerprint density at radius 1 is 1.50 bits per heavy atom. The van der Waals surface area contributed by atoms with Crippen LogP contribution in [0.3, 0.4) is 0 Å². The van der Waals surface area contributed by atoms with Crippen LogP contribution in [0.25, 0.3) is 11.0 Å². The number of nitrogens with one attached hydrogen (secondary N) is 1. The van der Waals surface area contributed by atoms with E-state index in [0.29, 0.717) is 6.61 Å². The first-order valence-corrected chi connectivity index (χ1v) is 6.29. The van der Waals surface area contributed by atoms with Crippen molar-refractivity contribution < 1.29 is 4.74 Å². The quantitative estimate of drug-likeness (QED) is 0.838. The summed E-state index contributed by atoms with van der Waals surface area (Å²) in [6.45, 7) is 6.18. The van der Waals surface area contributed by atoms with Crippen LogP contribution in [0, 0.1) is 0 Å². The molecule has 1 saturated heterocycles. The molecule has 4 heteroatoms. The standard InChI is InChI=1S/C14H17N3O/c1-2-9-18-11-7-8-17(10-11)14-15-12-5-3-4-6-13(12)16-14/h2-6,11H,1,7-10H2,(H,15,16). The molecular formula is C14H17N3O. The van der Waals surface area contributed by atoms with Gasteiger partial charge in [0.05, 0.1) is 23.7 Å². The molecule has 2 aromatic rings. The molecule has 0 saturated carbocycles. The number of rotatable bonds is 4. The number of fused-ring (bicyclic) bond motifs is 1. The normalized spacial score (nSPS) is 19.6. The molecule has 1 aromatic heterocycles. The summed E-state index contributed by atoms with van der Waals surface area (Å²) in [4.78, 5) is 10.2. The van der Waals surface area contributed by atoms with Crippen molar-refractivity contribution >= 4 is 17.0 Å². The Morgan fingerprint density at radius 2 is 2.39 bits per heavy atom. The number of nitrogens with zero attached hydrogens (tertiary/aromatic N) is 2. The van der Waals surface area contributed by atoms with Crippen LogP contribution < -0.4 is 4.90 Å². The lowest BCUT2D eigenvalue weighted by atomic mass is 10.3. The molecule has 0 radical (unpaired) electrons. The lowest BCUT2D eigenvalue weighted by Crippen LogP contribution is -2.23. The minimum atomic E-state index is 0.288. The van der Waals surface area contributed by atoms with Crippen molar-refractivity contribution in [1.82, 2.24) is 9.97 Å². The van der Waals surface area contributed by atoms with E-state index >= 15 is 0 Å². The van der Waals surface area contributed by atoms with Gasteiger partial charge in [-0.1, -0.05) is 18.2 Å². The first-order valence-electron chi connectivity index (χ1n) is 6.29. The molecule has 0 bridgehead atoms. The van der Waals surface area contributed by atoms with Gasteiger partial charge in [-0.25, -0.2) is 4.98 Å². The minimum Gasteiger partial charge on any atom is -0.372 e. The Bertz CT molecular complexity index is 516. The Morgan fingerprint density at radius 3 is 3.22 bits per heavy atom. The van der Waals surface area contributed by atoms with Gasteiger partial charge >= 0.3 is 0 Å². The second-order valence-corrected chi connectivity index (χ2v) is 4.56. The van der Waals surface area contributed by atoms with Gasteiger partial charge in [0.15, 0.2) is 0 Å². The minimum absolute atomic E-state index is 0.288. The summed E-state index contributed by atoms with van der Waals surface area (Å²) in [7, 11) is 0. The molecule has 1 aliphatic rings. The maximum Gasteiger partial charge on any atom is 0.203 e. The number of imidazole rings is 1.